The van der Waals surface area contributed by atoms with Gasteiger partial charge in [-0.05, 0) is 31.2 Å². The molecule has 0 atom stereocenters. The first-order valence-corrected chi connectivity index (χ1v) is 5.31. The van der Waals surface area contributed by atoms with Crippen LogP contribution in [0.5, 0.6) is 11.5 Å². The molecule has 86 valence electrons. The molecule has 4 heteroatoms. The minimum atomic E-state index is -0.979. The highest BCUT2D eigenvalue weighted by Crippen LogP contribution is 2.40. The van der Waals surface area contributed by atoms with E-state index in [1.165, 1.54) is 0 Å². The van der Waals surface area contributed by atoms with Crippen molar-refractivity contribution in [3.8, 4) is 11.5 Å². The molecule has 0 heterocycles. The van der Waals surface area contributed by atoms with Crippen LogP contribution in [-0.2, 0) is 4.79 Å². The summed E-state index contributed by atoms with van der Waals surface area (Å²) in [6.07, 6.45) is 1.16. The molecule has 0 spiro atoms. The monoisotopic (exact) mass is 222 g/mol. The summed E-state index contributed by atoms with van der Waals surface area (Å²) in [4.78, 5) is 10.9. The lowest BCUT2D eigenvalue weighted by molar-refractivity contribution is -0.147. The van der Waals surface area contributed by atoms with Crippen LogP contribution < -0.4 is 9.47 Å². The first-order valence-electron chi connectivity index (χ1n) is 5.31. The third-order valence-electron chi connectivity index (χ3n) is 2.54. The third kappa shape index (κ3) is 2.10. The molecule has 0 aliphatic heterocycles. The van der Waals surface area contributed by atoms with Crippen molar-refractivity contribution < 1.29 is 19.4 Å². The Labute approximate surface area is 93.8 Å². The number of ether oxygens (including phenoxy) is 2. The van der Waals surface area contributed by atoms with Gasteiger partial charge in [-0.25, -0.2) is 4.79 Å². The zero-order chi connectivity index (χ0) is 11.6. The van der Waals surface area contributed by atoms with E-state index in [0.717, 1.165) is 5.75 Å². The molecular weight excluding hydrogens is 208 g/mol. The molecule has 0 bridgehead atoms. The maximum atomic E-state index is 10.9. The van der Waals surface area contributed by atoms with Crippen molar-refractivity contribution in [2.45, 2.75) is 25.4 Å². The molecule has 1 aliphatic rings. The van der Waals surface area contributed by atoms with Gasteiger partial charge in [0, 0.05) is 12.8 Å². The Kier molecular flexibility index (Phi) is 2.73. The molecule has 0 aromatic heterocycles. The van der Waals surface area contributed by atoms with Crippen molar-refractivity contribution >= 4 is 5.97 Å². The number of hydrogen-bond acceptors (Lipinski definition) is 3. The van der Waals surface area contributed by atoms with Gasteiger partial charge in [0.2, 0.25) is 5.60 Å². The number of rotatable bonds is 5. The largest absolute Gasteiger partial charge is 0.494 e. The molecule has 1 aromatic rings. The minimum Gasteiger partial charge on any atom is -0.494 e. The zero-order valence-corrected chi connectivity index (χ0v) is 9.10. The number of hydrogen-bond donors (Lipinski definition) is 1. The van der Waals surface area contributed by atoms with Crippen LogP contribution in [0.4, 0.5) is 0 Å². The van der Waals surface area contributed by atoms with E-state index in [4.69, 9.17) is 14.6 Å². The van der Waals surface area contributed by atoms with Gasteiger partial charge in [0.05, 0.1) is 6.61 Å². The van der Waals surface area contributed by atoms with Crippen LogP contribution in [0.3, 0.4) is 0 Å². The highest BCUT2D eigenvalue weighted by atomic mass is 16.5. The molecule has 1 aliphatic carbocycles. The van der Waals surface area contributed by atoms with E-state index < -0.39 is 11.6 Å². The number of benzene rings is 1. The predicted molar refractivity (Wildman–Crippen MR) is 57.8 cm³/mol. The molecule has 0 unspecified atom stereocenters. The van der Waals surface area contributed by atoms with Gasteiger partial charge in [-0.15, -0.1) is 0 Å². The second-order valence-electron chi connectivity index (χ2n) is 3.81. The average Bonchev–Trinajstić information content (AvgIpc) is 3.03. The van der Waals surface area contributed by atoms with Crippen molar-refractivity contribution in [1.29, 1.82) is 0 Å². The molecule has 16 heavy (non-hydrogen) atoms. The van der Waals surface area contributed by atoms with E-state index in [2.05, 4.69) is 0 Å². The van der Waals surface area contributed by atoms with Gasteiger partial charge in [0.25, 0.3) is 0 Å². The van der Waals surface area contributed by atoms with E-state index in [1.54, 1.807) is 24.3 Å². The molecule has 4 nitrogen and oxygen atoms in total. The lowest BCUT2D eigenvalue weighted by Crippen LogP contribution is -2.28. The van der Waals surface area contributed by atoms with Crippen LogP contribution >= 0.6 is 0 Å². The van der Waals surface area contributed by atoms with Crippen molar-refractivity contribution in [3.05, 3.63) is 24.3 Å². The molecule has 0 saturated heterocycles. The number of carboxylic acid groups (broad SMARTS) is 1. The Morgan fingerprint density at radius 2 is 1.88 bits per heavy atom. The molecule has 0 radical (unpaired) electrons. The maximum absolute atomic E-state index is 10.9. The summed E-state index contributed by atoms with van der Waals surface area (Å²) >= 11 is 0. The van der Waals surface area contributed by atoms with Gasteiger partial charge in [0.15, 0.2) is 0 Å². The molecule has 0 amide bonds. The van der Waals surface area contributed by atoms with Crippen molar-refractivity contribution in [1.82, 2.24) is 0 Å². The summed E-state index contributed by atoms with van der Waals surface area (Å²) in [5.74, 6) is 0.444. The van der Waals surface area contributed by atoms with E-state index in [1.807, 2.05) is 6.92 Å². The maximum Gasteiger partial charge on any atom is 0.348 e. The van der Waals surface area contributed by atoms with Gasteiger partial charge in [0.1, 0.15) is 11.5 Å². The molecular formula is C12H14O4. The first kappa shape index (κ1) is 10.8. The lowest BCUT2D eigenvalue weighted by atomic mass is 10.3. The summed E-state index contributed by atoms with van der Waals surface area (Å²) < 4.78 is 10.7. The van der Waals surface area contributed by atoms with Crippen LogP contribution in [0, 0.1) is 0 Å². The summed E-state index contributed by atoms with van der Waals surface area (Å²) in [5, 5.41) is 8.95. The Balaban J connectivity index is 2.03. The standard InChI is InChI=1S/C12H14O4/c1-2-15-9-3-5-10(6-4-9)16-12(7-8-12)11(13)14/h3-6H,2,7-8H2,1H3,(H,13,14). The average molecular weight is 222 g/mol. The van der Waals surface area contributed by atoms with Gasteiger partial charge in [-0.1, -0.05) is 0 Å². The Hall–Kier alpha value is -1.71. The summed E-state index contributed by atoms with van der Waals surface area (Å²) in [6, 6.07) is 7.01. The van der Waals surface area contributed by atoms with E-state index >= 15 is 0 Å². The topological polar surface area (TPSA) is 55.8 Å². The second-order valence-corrected chi connectivity index (χ2v) is 3.81. The van der Waals surface area contributed by atoms with Crippen LogP contribution in [0.1, 0.15) is 19.8 Å². The fourth-order valence-electron chi connectivity index (χ4n) is 1.47. The molecule has 1 saturated carbocycles. The van der Waals surface area contributed by atoms with Crippen molar-refractivity contribution in [2.24, 2.45) is 0 Å². The van der Waals surface area contributed by atoms with Crippen molar-refractivity contribution in [3.63, 3.8) is 0 Å². The van der Waals surface area contributed by atoms with Crippen LogP contribution in [0.25, 0.3) is 0 Å². The Morgan fingerprint density at radius 3 is 2.31 bits per heavy atom. The molecule has 2 rings (SSSR count). The predicted octanol–water partition coefficient (Wildman–Crippen LogP) is 2.08. The number of carboxylic acids is 1. The van der Waals surface area contributed by atoms with Gasteiger partial charge < -0.3 is 14.6 Å². The number of carbonyl (C=O) groups is 1. The van der Waals surface area contributed by atoms with E-state index in [9.17, 15) is 4.79 Å². The number of aliphatic carboxylic acids is 1. The minimum absolute atomic E-state index is 0.573. The second kappa shape index (κ2) is 4.04. The molecule has 1 N–H and O–H groups in total. The lowest BCUT2D eigenvalue weighted by Gasteiger charge is -2.13. The van der Waals surface area contributed by atoms with Gasteiger partial charge >= 0.3 is 5.97 Å². The Bertz CT molecular complexity index is 379. The molecule has 1 aromatic carbocycles. The van der Waals surface area contributed by atoms with E-state index in [-0.39, 0.29) is 0 Å². The Morgan fingerprint density at radius 1 is 1.31 bits per heavy atom. The molecule has 1 fully saturated rings. The smallest absolute Gasteiger partial charge is 0.348 e. The van der Waals surface area contributed by atoms with E-state index in [0.29, 0.717) is 25.2 Å². The van der Waals surface area contributed by atoms with Crippen LogP contribution in [0.15, 0.2) is 24.3 Å². The SMILES string of the molecule is CCOc1ccc(OC2(C(=O)O)CC2)cc1. The van der Waals surface area contributed by atoms with Crippen LogP contribution in [-0.4, -0.2) is 23.3 Å². The summed E-state index contributed by atoms with van der Waals surface area (Å²) in [6.45, 7) is 2.52. The third-order valence-corrected chi connectivity index (χ3v) is 2.54. The normalized spacial score (nSPS) is 16.6. The van der Waals surface area contributed by atoms with Gasteiger partial charge in [-0.2, -0.15) is 0 Å². The quantitative estimate of drug-likeness (QED) is 0.828. The van der Waals surface area contributed by atoms with Crippen LogP contribution in [0.2, 0.25) is 0 Å². The zero-order valence-electron chi connectivity index (χ0n) is 9.10. The fraction of sp³-hybridized carbons (Fsp3) is 0.417. The highest BCUT2D eigenvalue weighted by molar-refractivity contribution is 5.81. The van der Waals surface area contributed by atoms with Gasteiger partial charge in [-0.3, -0.25) is 0 Å². The highest BCUT2D eigenvalue weighted by Gasteiger charge is 2.53. The summed E-state index contributed by atoms with van der Waals surface area (Å²) in [5.41, 5.74) is -0.979. The first-order chi connectivity index (χ1) is 7.66. The van der Waals surface area contributed by atoms with Crippen molar-refractivity contribution in [2.75, 3.05) is 6.61 Å². The fourth-order valence-corrected chi connectivity index (χ4v) is 1.47. The summed E-state index contributed by atoms with van der Waals surface area (Å²) in [7, 11) is 0.